The molecule has 1 spiro atoms. The summed E-state index contributed by atoms with van der Waals surface area (Å²) in [4.78, 5) is 14.2. The molecule has 1 aliphatic carbocycles. The third kappa shape index (κ3) is 4.72. The Morgan fingerprint density at radius 3 is 2.41 bits per heavy atom. The molecule has 1 unspecified atom stereocenters. The van der Waals surface area contributed by atoms with Gasteiger partial charge in [-0.25, -0.2) is 9.18 Å². The van der Waals surface area contributed by atoms with Gasteiger partial charge in [-0.15, -0.1) is 4.72 Å². The van der Waals surface area contributed by atoms with Gasteiger partial charge in [0.15, 0.2) is 0 Å². The molecule has 1 N–H and O–H groups in total. The minimum atomic E-state index is -1.32. The predicted molar refractivity (Wildman–Crippen MR) is 113 cm³/mol. The molecule has 1 aromatic rings. The number of piperidine rings is 1. The molecule has 0 radical (unpaired) electrons. The van der Waals surface area contributed by atoms with Crippen molar-refractivity contribution in [3.05, 3.63) is 35.1 Å². The number of halogens is 1. The Labute approximate surface area is 176 Å². The normalized spacial score (nSPS) is 22.5. The van der Waals surface area contributed by atoms with Crippen LogP contribution in [0.3, 0.4) is 0 Å². The number of nitrogens with zero attached hydrogens (tertiary/aromatic N) is 1. The maximum Gasteiger partial charge on any atom is 0.410 e. The molecule has 7 heteroatoms. The van der Waals surface area contributed by atoms with Gasteiger partial charge in [0.2, 0.25) is 0 Å². The molecule has 3 rings (SSSR count). The molecule has 1 saturated heterocycles. The standard InChI is InChI=1S/C22H33FN2O3S/c1-20(2,3)28-19(26)25-12-10-22(11-13-25)14-15-8-7-9-16(23)17(15)18(22)24-29(27)21(4,5)6/h7-9,18,24H,10-14H2,1-6H3/t18?,29-/m1/s1. The fourth-order valence-corrected chi connectivity index (χ4v) is 5.18. The van der Waals surface area contributed by atoms with E-state index in [0.29, 0.717) is 31.5 Å². The molecular formula is C22H33FN2O3S. The van der Waals surface area contributed by atoms with Gasteiger partial charge in [0.1, 0.15) is 16.2 Å². The van der Waals surface area contributed by atoms with Crippen LogP contribution < -0.4 is 4.72 Å². The molecule has 0 bridgehead atoms. The molecule has 2 aliphatic rings. The zero-order valence-corrected chi connectivity index (χ0v) is 19.1. The van der Waals surface area contributed by atoms with Gasteiger partial charge in [0.05, 0.1) is 6.04 Å². The van der Waals surface area contributed by atoms with E-state index in [1.807, 2.05) is 47.6 Å². The first kappa shape index (κ1) is 22.4. The number of hydrogen-bond acceptors (Lipinski definition) is 4. The van der Waals surface area contributed by atoms with Crippen LogP contribution in [0.1, 0.15) is 71.6 Å². The van der Waals surface area contributed by atoms with Crippen LogP contribution in [0.2, 0.25) is 0 Å². The molecule has 0 saturated carbocycles. The van der Waals surface area contributed by atoms with E-state index in [2.05, 4.69) is 4.72 Å². The van der Waals surface area contributed by atoms with Gasteiger partial charge >= 0.3 is 6.09 Å². The number of fused-ring (bicyclic) bond motifs is 1. The maximum absolute atomic E-state index is 14.8. The quantitative estimate of drug-likeness (QED) is 0.711. The van der Waals surface area contributed by atoms with Crippen LogP contribution in [0.25, 0.3) is 0 Å². The number of benzene rings is 1. The Morgan fingerprint density at radius 2 is 1.86 bits per heavy atom. The second-order valence-corrected chi connectivity index (χ2v) is 12.2. The van der Waals surface area contributed by atoms with Gasteiger partial charge in [0.25, 0.3) is 0 Å². The fourth-order valence-electron chi connectivity index (χ4n) is 4.24. The lowest BCUT2D eigenvalue weighted by molar-refractivity contribution is 0.00705. The Bertz CT molecular complexity index is 764. The summed E-state index contributed by atoms with van der Waals surface area (Å²) in [6, 6.07) is 4.84. The van der Waals surface area contributed by atoms with Crippen LogP contribution in [-0.4, -0.2) is 39.0 Å². The van der Waals surface area contributed by atoms with Crippen LogP contribution in [0.4, 0.5) is 9.18 Å². The summed E-state index contributed by atoms with van der Waals surface area (Å²) in [5.41, 5.74) is 0.811. The summed E-state index contributed by atoms with van der Waals surface area (Å²) in [6.45, 7) is 12.4. The van der Waals surface area contributed by atoms with Crippen molar-refractivity contribution < 1.29 is 18.5 Å². The van der Waals surface area contributed by atoms with E-state index >= 15 is 0 Å². The fraction of sp³-hybridized carbons (Fsp3) is 0.682. The largest absolute Gasteiger partial charge is 0.598 e. The molecular weight excluding hydrogens is 391 g/mol. The minimum Gasteiger partial charge on any atom is -0.598 e. The molecule has 29 heavy (non-hydrogen) atoms. The zero-order valence-electron chi connectivity index (χ0n) is 18.3. The van der Waals surface area contributed by atoms with Crippen LogP contribution in [-0.2, 0) is 22.5 Å². The van der Waals surface area contributed by atoms with Crippen molar-refractivity contribution in [3.63, 3.8) is 0 Å². The molecule has 2 atom stereocenters. The van der Waals surface area contributed by atoms with E-state index in [1.165, 1.54) is 6.07 Å². The summed E-state index contributed by atoms with van der Waals surface area (Å²) in [6.07, 6.45) is 1.83. The second kappa shape index (κ2) is 7.75. The molecule has 1 aromatic carbocycles. The number of hydrogen-bond donors (Lipinski definition) is 1. The lowest BCUT2D eigenvalue weighted by Crippen LogP contribution is -2.51. The summed E-state index contributed by atoms with van der Waals surface area (Å²) in [7, 11) is 0. The third-order valence-electron chi connectivity index (χ3n) is 5.78. The van der Waals surface area contributed by atoms with E-state index in [0.717, 1.165) is 12.0 Å². The number of likely N-dealkylation sites (tertiary alicyclic amines) is 1. The Kier molecular flexibility index (Phi) is 5.98. The van der Waals surface area contributed by atoms with E-state index in [9.17, 15) is 13.7 Å². The molecule has 1 fully saturated rings. The molecule has 162 valence electrons. The third-order valence-corrected chi connectivity index (χ3v) is 7.34. The predicted octanol–water partition coefficient (Wildman–Crippen LogP) is 4.49. The molecule has 1 heterocycles. The molecule has 5 nitrogen and oxygen atoms in total. The number of carbonyl (C=O) groups is 1. The van der Waals surface area contributed by atoms with Crippen molar-refractivity contribution in [2.75, 3.05) is 13.1 Å². The monoisotopic (exact) mass is 424 g/mol. The summed E-state index contributed by atoms with van der Waals surface area (Å²) in [5, 5.41) is 0. The van der Waals surface area contributed by atoms with Crippen molar-refractivity contribution in [2.45, 2.75) is 77.2 Å². The lowest BCUT2D eigenvalue weighted by atomic mass is 9.73. The number of ether oxygens (including phenoxy) is 1. The first-order valence-corrected chi connectivity index (χ1v) is 11.4. The van der Waals surface area contributed by atoms with Crippen LogP contribution in [0.15, 0.2) is 18.2 Å². The van der Waals surface area contributed by atoms with Crippen molar-refractivity contribution in [3.8, 4) is 0 Å². The Morgan fingerprint density at radius 1 is 1.24 bits per heavy atom. The SMILES string of the molecule is CC(C)(C)OC(=O)N1CCC2(CC1)Cc1cccc(F)c1C2N[S@+]([O-])C(C)(C)C. The Hall–Kier alpha value is -1.31. The molecule has 1 amide bonds. The first-order valence-electron chi connectivity index (χ1n) is 10.3. The van der Waals surface area contributed by atoms with Gasteiger partial charge in [-0.05, 0) is 72.4 Å². The van der Waals surface area contributed by atoms with Gasteiger partial charge < -0.3 is 14.2 Å². The van der Waals surface area contributed by atoms with E-state index < -0.39 is 21.7 Å². The van der Waals surface area contributed by atoms with Crippen molar-refractivity contribution >= 4 is 17.5 Å². The molecule has 1 aliphatic heterocycles. The summed E-state index contributed by atoms with van der Waals surface area (Å²) in [5.74, 6) is -0.252. The summed E-state index contributed by atoms with van der Waals surface area (Å²) < 4.78 is 36.0. The van der Waals surface area contributed by atoms with E-state index in [1.54, 1.807) is 11.0 Å². The van der Waals surface area contributed by atoms with Crippen LogP contribution in [0, 0.1) is 11.2 Å². The average Bonchev–Trinajstić information content (AvgIpc) is 2.87. The van der Waals surface area contributed by atoms with Crippen molar-refractivity contribution in [1.82, 2.24) is 9.62 Å². The van der Waals surface area contributed by atoms with Crippen LogP contribution in [0.5, 0.6) is 0 Å². The van der Waals surface area contributed by atoms with E-state index in [4.69, 9.17) is 4.74 Å². The lowest BCUT2D eigenvalue weighted by Gasteiger charge is -2.43. The highest BCUT2D eigenvalue weighted by molar-refractivity contribution is 7.90. The van der Waals surface area contributed by atoms with Crippen molar-refractivity contribution in [2.24, 2.45) is 5.41 Å². The Balaban J connectivity index is 1.83. The highest BCUT2D eigenvalue weighted by atomic mass is 32.2. The highest BCUT2D eigenvalue weighted by Gasteiger charge is 2.52. The highest BCUT2D eigenvalue weighted by Crippen LogP contribution is 2.53. The number of amides is 1. The van der Waals surface area contributed by atoms with Gasteiger partial charge in [0, 0.05) is 35.4 Å². The maximum atomic E-state index is 14.8. The van der Waals surface area contributed by atoms with Crippen molar-refractivity contribution in [1.29, 1.82) is 0 Å². The summed E-state index contributed by atoms with van der Waals surface area (Å²) >= 11 is -1.32. The average molecular weight is 425 g/mol. The van der Waals surface area contributed by atoms with E-state index in [-0.39, 0.29) is 23.4 Å². The molecule has 0 aromatic heterocycles. The zero-order chi connectivity index (χ0) is 21.6. The second-order valence-electron chi connectivity index (χ2n) is 10.3. The topological polar surface area (TPSA) is 64.6 Å². The van der Waals surface area contributed by atoms with Gasteiger partial charge in [-0.3, -0.25) is 0 Å². The minimum absolute atomic E-state index is 0.252. The first-order chi connectivity index (χ1) is 13.3. The van der Waals surface area contributed by atoms with Gasteiger partial charge in [-0.1, -0.05) is 12.1 Å². The van der Waals surface area contributed by atoms with Crippen LogP contribution >= 0.6 is 0 Å². The number of nitrogens with one attached hydrogen (secondary N) is 1. The smallest absolute Gasteiger partial charge is 0.410 e. The number of carbonyl (C=O) groups excluding carboxylic acids is 1. The number of rotatable bonds is 2. The van der Waals surface area contributed by atoms with Gasteiger partial charge in [-0.2, -0.15) is 0 Å².